The lowest BCUT2D eigenvalue weighted by molar-refractivity contribution is 0.100. The highest BCUT2D eigenvalue weighted by Gasteiger charge is 2.39. The largest absolute Gasteiger partial charge is 0.504 e. The number of sulfonamides is 1. The van der Waals surface area contributed by atoms with Crippen molar-refractivity contribution in [2.75, 3.05) is 7.11 Å². The molecule has 1 aliphatic heterocycles. The molecule has 4 rings (SSSR count). The van der Waals surface area contributed by atoms with E-state index in [1.807, 2.05) is 0 Å². The molecule has 3 aromatic rings. The average molecular weight is 422 g/mol. The fourth-order valence-corrected chi connectivity index (χ4v) is 4.92. The van der Waals surface area contributed by atoms with Gasteiger partial charge in [-0.1, -0.05) is 18.2 Å². The van der Waals surface area contributed by atoms with Gasteiger partial charge in [-0.3, -0.25) is 14.1 Å². The molecule has 0 fully saturated rings. The molecule has 2 aromatic carbocycles. The number of rotatable bonds is 4. The number of methoxy groups -OCH3 is 1. The minimum atomic E-state index is -3.96. The van der Waals surface area contributed by atoms with Gasteiger partial charge in [-0.25, -0.2) is 8.42 Å². The van der Waals surface area contributed by atoms with Crippen LogP contribution in [0.4, 0.5) is 0 Å². The van der Waals surface area contributed by atoms with Crippen LogP contribution in [-0.2, 0) is 16.6 Å². The molecule has 0 amide bonds. The predicted molar refractivity (Wildman–Crippen MR) is 110 cm³/mol. The van der Waals surface area contributed by atoms with Gasteiger partial charge < -0.3 is 9.84 Å². The highest BCUT2D eigenvalue weighted by Crippen LogP contribution is 2.35. The summed E-state index contributed by atoms with van der Waals surface area (Å²) in [7, 11) is -2.55. The summed E-state index contributed by atoms with van der Waals surface area (Å²) in [5.74, 6) is -0.237. The molecule has 30 heavy (non-hydrogen) atoms. The number of carbonyl (C=O) groups is 1. The fraction of sp³-hybridized carbons (Fsp3) is 0.0909. The Hall–Kier alpha value is -3.65. The number of Topliss-reactive ketones (excluding diaryl/α,β-unsaturated/α-hetero) is 1. The molecular weight excluding hydrogens is 404 g/mol. The maximum atomic E-state index is 13.4. The van der Waals surface area contributed by atoms with Crippen molar-refractivity contribution in [2.45, 2.75) is 11.4 Å². The van der Waals surface area contributed by atoms with Crippen LogP contribution < -0.4 is 4.74 Å². The van der Waals surface area contributed by atoms with Crippen LogP contribution in [0.3, 0.4) is 0 Å². The molecule has 0 saturated carbocycles. The van der Waals surface area contributed by atoms with Gasteiger partial charge in [0.05, 0.1) is 18.6 Å². The van der Waals surface area contributed by atoms with E-state index in [0.29, 0.717) is 11.1 Å². The van der Waals surface area contributed by atoms with Crippen LogP contribution in [0.1, 0.15) is 21.5 Å². The summed E-state index contributed by atoms with van der Waals surface area (Å²) in [6.45, 7) is -0.0218. The van der Waals surface area contributed by atoms with Gasteiger partial charge in [0.2, 0.25) is 5.78 Å². The van der Waals surface area contributed by atoms with Crippen molar-refractivity contribution in [3.63, 3.8) is 0 Å². The molecule has 0 spiro atoms. The predicted octanol–water partition coefficient (Wildman–Crippen LogP) is 3.22. The van der Waals surface area contributed by atoms with Crippen molar-refractivity contribution in [1.29, 1.82) is 0 Å². The van der Waals surface area contributed by atoms with Crippen molar-refractivity contribution in [1.82, 2.24) is 9.29 Å². The number of nitrogens with zero attached hydrogens (tertiary/aromatic N) is 2. The third-order valence-electron chi connectivity index (χ3n) is 4.78. The van der Waals surface area contributed by atoms with Crippen LogP contribution in [0.5, 0.6) is 11.5 Å². The van der Waals surface area contributed by atoms with E-state index in [4.69, 9.17) is 4.74 Å². The fourth-order valence-electron chi connectivity index (χ4n) is 3.28. The Morgan fingerprint density at radius 2 is 1.83 bits per heavy atom. The number of ether oxygens (including phenoxy) is 1. The van der Waals surface area contributed by atoms with Crippen LogP contribution in [0.2, 0.25) is 0 Å². The molecule has 1 aromatic heterocycles. The van der Waals surface area contributed by atoms with E-state index < -0.39 is 15.8 Å². The van der Waals surface area contributed by atoms with Crippen LogP contribution in [0.15, 0.2) is 77.6 Å². The number of allylic oxidation sites excluding steroid dienone is 1. The molecule has 0 atom stereocenters. The van der Waals surface area contributed by atoms with Gasteiger partial charge in [-0.15, -0.1) is 0 Å². The first kappa shape index (κ1) is 19.7. The van der Waals surface area contributed by atoms with Gasteiger partial charge in [0.15, 0.2) is 11.5 Å². The Balaban J connectivity index is 1.90. The van der Waals surface area contributed by atoms with E-state index in [9.17, 15) is 18.3 Å². The molecule has 1 N–H and O–H groups in total. The Morgan fingerprint density at radius 3 is 2.57 bits per heavy atom. The average Bonchev–Trinajstić information content (AvgIpc) is 2.76. The van der Waals surface area contributed by atoms with E-state index >= 15 is 0 Å². The summed E-state index contributed by atoms with van der Waals surface area (Å²) in [5, 5.41) is 9.83. The molecule has 1 aliphatic rings. The van der Waals surface area contributed by atoms with Crippen molar-refractivity contribution in [3.05, 3.63) is 89.4 Å². The molecule has 0 unspecified atom stereocenters. The number of aromatic hydroxyl groups is 1. The summed E-state index contributed by atoms with van der Waals surface area (Å²) < 4.78 is 33.0. The molecule has 0 bridgehead atoms. The van der Waals surface area contributed by atoms with Gasteiger partial charge in [0, 0.05) is 18.0 Å². The second-order valence-electron chi connectivity index (χ2n) is 6.65. The van der Waals surface area contributed by atoms with Gasteiger partial charge in [-0.05, 0) is 53.6 Å². The van der Waals surface area contributed by atoms with Crippen molar-refractivity contribution < 1.29 is 23.1 Å². The lowest BCUT2D eigenvalue weighted by Crippen LogP contribution is -2.38. The maximum Gasteiger partial charge on any atom is 0.265 e. The Labute approximate surface area is 173 Å². The summed E-state index contributed by atoms with van der Waals surface area (Å²) in [5.41, 5.74) is 1.34. The van der Waals surface area contributed by atoms with Crippen molar-refractivity contribution in [3.8, 4) is 11.5 Å². The third kappa shape index (κ3) is 3.42. The van der Waals surface area contributed by atoms with E-state index in [1.165, 1.54) is 37.5 Å². The molecule has 0 radical (unpaired) electrons. The molecule has 0 aliphatic carbocycles. The van der Waals surface area contributed by atoms with Crippen molar-refractivity contribution >= 4 is 21.9 Å². The molecule has 152 valence electrons. The monoisotopic (exact) mass is 422 g/mol. The van der Waals surface area contributed by atoms with Gasteiger partial charge >= 0.3 is 0 Å². The quantitative estimate of drug-likeness (QED) is 0.649. The molecule has 2 heterocycles. The van der Waals surface area contributed by atoms with E-state index in [0.717, 1.165) is 4.31 Å². The smallest absolute Gasteiger partial charge is 0.265 e. The SMILES string of the molecule is COc1cc(/C=C2/C(=O)c3ccccc3S(=O)(=O)N2Cc2ccncc2)ccc1O. The number of carbonyl (C=O) groups excluding carboxylic acids is 1. The lowest BCUT2D eigenvalue weighted by atomic mass is 10.0. The summed E-state index contributed by atoms with van der Waals surface area (Å²) in [4.78, 5) is 17.2. The first-order valence-corrected chi connectivity index (χ1v) is 10.5. The minimum Gasteiger partial charge on any atom is -0.504 e. The van der Waals surface area contributed by atoms with Crippen molar-refractivity contribution in [2.24, 2.45) is 0 Å². The van der Waals surface area contributed by atoms with E-state index in [-0.39, 0.29) is 34.2 Å². The van der Waals surface area contributed by atoms with E-state index in [2.05, 4.69) is 4.98 Å². The Morgan fingerprint density at radius 1 is 1.10 bits per heavy atom. The Kier molecular flexibility index (Phi) is 5.01. The number of hydrogen-bond acceptors (Lipinski definition) is 6. The van der Waals surface area contributed by atoms with Crippen LogP contribution in [0, 0.1) is 0 Å². The van der Waals surface area contributed by atoms with E-state index in [1.54, 1.807) is 42.7 Å². The van der Waals surface area contributed by atoms with Crippen LogP contribution in [-0.4, -0.2) is 35.7 Å². The number of pyridine rings is 1. The molecule has 0 saturated heterocycles. The first-order chi connectivity index (χ1) is 14.4. The van der Waals surface area contributed by atoms with Gasteiger partial charge in [-0.2, -0.15) is 0 Å². The highest BCUT2D eigenvalue weighted by molar-refractivity contribution is 7.89. The van der Waals surface area contributed by atoms with Crippen LogP contribution >= 0.6 is 0 Å². The number of aromatic nitrogens is 1. The first-order valence-electron chi connectivity index (χ1n) is 9.06. The lowest BCUT2D eigenvalue weighted by Gasteiger charge is -2.31. The summed E-state index contributed by atoms with van der Waals surface area (Å²) >= 11 is 0. The summed E-state index contributed by atoms with van der Waals surface area (Å²) in [6, 6.07) is 14.1. The second kappa shape index (κ2) is 7.64. The standard InChI is InChI=1S/C22H18N2O5S/c1-29-20-13-16(6-7-19(20)25)12-18-22(26)17-4-2-3-5-21(17)30(27,28)24(18)14-15-8-10-23-11-9-15/h2-13,25H,14H2,1H3/b18-12-. The number of phenolic OH excluding ortho intramolecular Hbond substituents is 1. The third-order valence-corrected chi connectivity index (χ3v) is 6.60. The highest BCUT2D eigenvalue weighted by atomic mass is 32.2. The second-order valence-corrected chi connectivity index (χ2v) is 8.48. The number of phenols is 1. The normalized spacial score (nSPS) is 16.4. The zero-order chi connectivity index (χ0) is 21.3. The summed E-state index contributed by atoms with van der Waals surface area (Å²) in [6.07, 6.45) is 4.62. The number of fused-ring (bicyclic) bond motifs is 1. The molecule has 8 heteroatoms. The molecule has 7 nitrogen and oxygen atoms in total. The number of benzene rings is 2. The maximum absolute atomic E-state index is 13.4. The van der Waals surface area contributed by atoms with Gasteiger partial charge in [0.25, 0.3) is 10.0 Å². The number of ketones is 1. The zero-order valence-corrected chi connectivity index (χ0v) is 16.8. The number of hydrogen-bond donors (Lipinski definition) is 1. The van der Waals surface area contributed by atoms with Crippen LogP contribution in [0.25, 0.3) is 6.08 Å². The molecular formula is C22H18N2O5S. The topological polar surface area (TPSA) is 96.8 Å². The van der Waals surface area contributed by atoms with Gasteiger partial charge in [0.1, 0.15) is 5.70 Å². The minimum absolute atomic E-state index is 0.0123. The zero-order valence-electron chi connectivity index (χ0n) is 16.0. The Bertz CT molecular complexity index is 1250.